The SMILES string of the molecule is CO[C@@H]1CC(C(=O)N[C@H](Cc2ccc3ccccc3c2)C(=O)NCCCCNCC(C)C)N(C(=O)C(C)(C)C)C1. The van der Waals surface area contributed by atoms with E-state index in [-0.39, 0.29) is 23.8 Å². The van der Waals surface area contributed by atoms with Crippen LogP contribution < -0.4 is 16.0 Å². The first-order chi connectivity index (χ1) is 19.0. The van der Waals surface area contributed by atoms with Crippen LogP contribution in [0, 0.1) is 11.3 Å². The molecule has 0 saturated carbocycles. The Labute approximate surface area is 239 Å². The van der Waals surface area contributed by atoms with Gasteiger partial charge in [0.1, 0.15) is 12.1 Å². The molecule has 0 radical (unpaired) electrons. The molecule has 2 aromatic rings. The van der Waals surface area contributed by atoms with Gasteiger partial charge in [0.25, 0.3) is 0 Å². The molecule has 1 aliphatic heterocycles. The van der Waals surface area contributed by atoms with Crippen LogP contribution in [0.25, 0.3) is 10.8 Å². The molecular weight excluding hydrogens is 504 g/mol. The van der Waals surface area contributed by atoms with E-state index in [1.807, 2.05) is 57.2 Å². The molecule has 0 aliphatic carbocycles. The topological polar surface area (TPSA) is 99.8 Å². The average molecular weight is 553 g/mol. The quantitative estimate of drug-likeness (QED) is 0.329. The van der Waals surface area contributed by atoms with E-state index in [0.29, 0.717) is 31.8 Å². The largest absolute Gasteiger partial charge is 0.380 e. The lowest BCUT2D eigenvalue weighted by Crippen LogP contribution is -2.55. The number of rotatable bonds is 13. The lowest BCUT2D eigenvalue weighted by atomic mass is 9.94. The Morgan fingerprint density at radius 2 is 1.73 bits per heavy atom. The van der Waals surface area contributed by atoms with Crippen molar-refractivity contribution in [2.45, 2.75) is 78.5 Å². The van der Waals surface area contributed by atoms with Gasteiger partial charge in [0, 0.05) is 38.5 Å². The second-order valence-corrected chi connectivity index (χ2v) is 12.4. The van der Waals surface area contributed by atoms with Crippen LogP contribution in [-0.4, -0.2) is 74.1 Å². The summed E-state index contributed by atoms with van der Waals surface area (Å²) < 4.78 is 5.52. The summed E-state index contributed by atoms with van der Waals surface area (Å²) in [5.41, 5.74) is 0.327. The summed E-state index contributed by atoms with van der Waals surface area (Å²) in [6.45, 7) is 12.7. The van der Waals surface area contributed by atoms with Crippen LogP contribution in [0.2, 0.25) is 0 Å². The monoisotopic (exact) mass is 552 g/mol. The second kappa shape index (κ2) is 14.6. The number of fused-ring (bicyclic) bond motifs is 1. The minimum Gasteiger partial charge on any atom is -0.380 e. The van der Waals surface area contributed by atoms with Crippen molar-refractivity contribution in [3.05, 3.63) is 48.0 Å². The minimum atomic E-state index is -0.763. The Morgan fingerprint density at radius 3 is 2.40 bits per heavy atom. The van der Waals surface area contributed by atoms with Crippen molar-refractivity contribution in [2.24, 2.45) is 11.3 Å². The fraction of sp³-hybridized carbons (Fsp3) is 0.594. The maximum atomic E-state index is 13.6. The van der Waals surface area contributed by atoms with Gasteiger partial charge < -0.3 is 25.6 Å². The van der Waals surface area contributed by atoms with E-state index < -0.39 is 17.5 Å². The number of carbonyl (C=O) groups excluding carboxylic acids is 3. The Morgan fingerprint density at radius 1 is 1.02 bits per heavy atom. The highest BCUT2D eigenvalue weighted by molar-refractivity contribution is 5.93. The molecule has 40 heavy (non-hydrogen) atoms. The summed E-state index contributed by atoms with van der Waals surface area (Å²) in [5.74, 6) is -0.0377. The first-order valence-corrected chi connectivity index (χ1v) is 14.6. The molecule has 1 unspecified atom stereocenters. The molecule has 220 valence electrons. The number of ether oxygens (including phenoxy) is 1. The number of benzene rings is 2. The smallest absolute Gasteiger partial charge is 0.243 e. The number of likely N-dealkylation sites (tertiary alicyclic amines) is 1. The first-order valence-electron chi connectivity index (χ1n) is 14.6. The van der Waals surface area contributed by atoms with E-state index in [0.717, 1.165) is 42.3 Å². The molecule has 8 heteroatoms. The van der Waals surface area contributed by atoms with Gasteiger partial charge in [-0.2, -0.15) is 0 Å². The normalized spacial score (nSPS) is 18.2. The third kappa shape index (κ3) is 9.03. The Balaban J connectivity index is 1.71. The summed E-state index contributed by atoms with van der Waals surface area (Å²) in [6.07, 6.45) is 2.33. The Hall–Kier alpha value is -2.97. The van der Waals surface area contributed by atoms with Gasteiger partial charge in [0.05, 0.1) is 6.10 Å². The van der Waals surface area contributed by atoms with E-state index in [1.54, 1.807) is 12.0 Å². The summed E-state index contributed by atoms with van der Waals surface area (Å²) >= 11 is 0. The van der Waals surface area contributed by atoms with Crippen LogP contribution in [0.4, 0.5) is 0 Å². The number of hydrogen-bond donors (Lipinski definition) is 3. The molecule has 0 spiro atoms. The molecule has 0 aromatic heterocycles. The lowest BCUT2D eigenvalue weighted by Gasteiger charge is -2.31. The molecule has 8 nitrogen and oxygen atoms in total. The van der Waals surface area contributed by atoms with Gasteiger partial charge in [-0.05, 0) is 48.2 Å². The van der Waals surface area contributed by atoms with Crippen LogP contribution in [0.1, 0.15) is 59.4 Å². The first kappa shape index (κ1) is 31.6. The standard InChI is InChI=1S/C32H48N4O4/c1-22(2)20-33-15-9-10-16-34-29(37)27(18-23-13-14-24-11-7-8-12-25(24)17-23)35-30(38)28-19-26(40-6)21-36(28)31(39)32(3,4)5/h7-8,11-14,17,22,26-28,33H,9-10,15-16,18-21H2,1-6H3,(H,34,37)(H,35,38)/t26-,27-,28?/m1/s1. The van der Waals surface area contributed by atoms with Crippen molar-refractivity contribution in [1.82, 2.24) is 20.9 Å². The van der Waals surface area contributed by atoms with E-state index in [4.69, 9.17) is 4.74 Å². The molecular formula is C32H48N4O4. The third-order valence-electron chi connectivity index (χ3n) is 7.32. The fourth-order valence-corrected chi connectivity index (χ4v) is 5.05. The number of methoxy groups -OCH3 is 1. The fourth-order valence-electron chi connectivity index (χ4n) is 5.05. The molecule has 1 heterocycles. The summed E-state index contributed by atoms with van der Waals surface area (Å²) in [6, 6.07) is 12.7. The van der Waals surface area contributed by atoms with Crippen LogP contribution >= 0.6 is 0 Å². The summed E-state index contributed by atoms with van der Waals surface area (Å²) in [5, 5.41) is 11.6. The molecule has 3 rings (SSSR count). The zero-order valence-electron chi connectivity index (χ0n) is 25.1. The van der Waals surface area contributed by atoms with Crippen LogP contribution in [-0.2, 0) is 25.5 Å². The number of hydrogen-bond acceptors (Lipinski definition) is 5. The van der Waals surface area contributed by atoms with Crippen molar-refractivity contribution >= 4 is 28.5 Å². The Kier molecular flexibility index (Phi) is 11.5. The van der Waals surface area contributed by atoms with Crippen LogP contribution in [0.15, 0.2) is 42.5 Å². The highest BCUT2D eigenvalue weighted by Crippen LogP contribution is 2.27. The molecule has 3 amide bonds. The predicted molar refractivity (Wildman–Crippen MR) is 160 cm³/mol. The van der Waals surface area contributed by atoms with Gasteiger partial charge in [0.15, 0.2) is 0 Å². The van der Waals surface area contributed by atoms with E-state index >= 15 is 0 Å². The number of nitrogens with one attached hydrogen (secondary N) is 3. The van der Waals surface area contributed by atoms with E-state index in [1.165, 1.54) is 0 Å². The lowest BCUT2D eigenvalue weighted by molar-refractivity contribution is -0.145. The van der Waals surface area contributed by atoms with Crippen LogP contribution in [0.3, 0.4) is 0 Å². The van der Waals surface area contributed by atoms with Crippen molar-refractivity contribution in [1.29, 1.82) is 0 Å². The van der Waals surface area contributed by atoms with Gasteiger partial charge >= 0.3 is 0 Å². The third-order valence-corrected chi connectivity index (χ3v) is 7.32. The Bertz CT molecular complexity index is 1140. The number of unbranched alkanes of at least 4 members (excludes halogenated alkanes) is 1. The molecule has 1 saturated heterocycles. The molecule has 3 atom stereocenters. The zero-order valence-corrected chi connectivity index (χ0v) is 25.1. The van der Waals surface area contributed by atoms with Crippen LogP contribution in [0.5, 0.6) is 0 Å². The number of nitrogens with zero attached hydrogens (tertiary/aromatic N) is 1. The van der Waals surface area contributed by atoms with E-state index in [2.05, 4.69) is 35.9 Å². The number of carbonyl (C=O) groups is 3. The van der Waals surface area contributed by atoms with Crippen molar-refractivity contribution < 1.29 is 19.1 Å². The van der Waals surface area contributed by atoms with Crippen molar-refractivity contribution in [3.8, 4) is 0 Å². The minimum absolute atomic E-state index is 0.103. The molecule has 1 aliphatic rings. The van der Waals surface area contributed by atoms with Gasteiger partial charge in [-0.3, -0.25) is 14.4 Å². The van der Waals surface area contributed by atoms with Crippen molar-refractivity contribution in [3.63, 3.8) is 0 Å². The highest BCUT2D eigenvalue weighted by atomic mass is 16.5. The average Bonchev–Trinajstić information content (AvgIpc) is 3.35. The molecule has 3 N–H and O–H groups in total. The summed E-state index contributed by atoms with van der Waals surface area (Å²) in [7, 11) is 1.60. The maximum absolute atomic E-state index is 13.6. The highest BCUT2D eigenvalue weighted by Gasteiger charge is 2.43. The van der Waals surface area contributed by atoms with Crippen molar-refractivity contribution in [2.75, 3.05) is 33.3 Å². The van der Waals surface area contributed by atoms with Gasteiger partial charge in [0.2, 0.25) is 17.7 Å². The van der Waals surface area contributed by atoms with E-state index in [9.17, 15) is 14.4 Å². The number of amides is 3. The van der Waals surface area contributed by atoms with Gasteiger partial charge in [-0.1, -0.05) is 77.1 Å². The maximum Gasteiger partial charge on any atom is 0.243 e. The second-order valence-electron chi connectivity index (χ2n) is 12.4. The summed E-state index contributed by atoms with van der Waals surface area (Å²) in [4.78, 5) is 41.8. The molecule has 2 aromatic carbocycles. The molecule has 0 bridgehead atoms. The zero-order chi connectivity index (χ0) is 29.3. The molecule has 1 fully saturated rings. The van der Waals surface area contributed by atoms with Gasteiger partial charge in [-0.25, -0.2) is 0 Å². The van der Waals surface area contributed by atoms with Gasteiger partial charge in [-0.15, -0.1) is 0 Å². The predicted octanol–water partition coefficient (Wildman–Crippen LogP) is 3.67.